The van der Waals surface area contributed by atoms with Gasteiger partial charge in [0.15, 0.2) is 0 Å². The molecular formula is C18H29N3. The molecule has 0 aromatic carbocycles. The molecule has 1 aliphatic heterocycles. The number of nitrogens with zero attached hydrogens (tertiary/aromatic N) is 2. The molecule has 0 spiro atoms. The van der Waals surface area contributed by atoms with Crippen LogP contribution in [-0.4, -0.2) is 16.1 Å². The lowest BCUT2D eigenvalue weighted by molar-refractivity contribution is 0.350. The molecule has 1 unspecified atom stereocenters. The van der Waals surface area contributed by atoms with Gasteiger partial charge in [-0.05, 0) is 37.5 Å². The van der Waals surface area contributed by atoms with Gasteiger partial charge >= 0.3 is 0 Å². The topological polar surface area (TPSA) is 29.9 Å². The van der Waals surface area contributed by atoms with E-state index in [2.05, 4.69) is 23.7 Å². The SMILES string of the molecule is CC1(C)CCC(n2c(C3CCCC3)nc3c2CCNC3)C1. The number of nitrogens with one attached hydrogen (secondary N) is 1. The summed E-state index contributed by atoms with van der Waals surface area (Å²) in [6.07, 6.45) is 10.7. The van der Waals surface area contributed by atoms with Crippen LogP contribution in [0.2, 0.25) is 0 Å². The van der Waals surface area contributed by atoms with Crippen molar-refractivity contribution in [2.75, 3.05) is 6.54 Å². The Kier molecular flexibility index (Phi) is 3.36. The Labute approximate surface area is 128 Å². The first-order valence-electron chi connectivity index (χ1n) is 8.95. The molecule has 1 aromatic heterocycles. The highest BCUT2D eigenvalue weighted by molar-refractivity contribution is 5.24. The van der Waals surface area contributed by atoms with Crippen LogP contribution in [-0.2, 0) is 13.0 Å². The second-order valence-electron chi connectivity index (χ2n) is 8.20. The Morgan fingerprint density at radius 1 is 1.19 bits per heavy atom. The van der Waals surface area contributed by atoms with Crippen LogP contribution in [0.5, 0.6) is 0 Å². The molecule has 0 radical (unpaired) electrons. The lowest BCUT2D eigenvalue weighted by atomic mass is 9.91. The molecule has 2 saturated carbocycles. The molecule has 2 aliphatic carbocycles. The van der Waals surface area contributed by atoms with Crippen molar-refractivity contribution < 1.29 is 0 Å². The van der Waals surface area contributed by atoms with Gasteiger partial charge in [-0.1, -0.05) is 26.7 Å². The van der Waals surface area contributed by atoms with E-state index in [1.807, 2.05) is 0 Å². The molecule has 0 amide bonds. The van der Waals surface area contributed by atoms with Gasteiger partial charge < -0.3 is 9.88 Å². The molecule has 116 valence electrons. The van der Waals surface area contributed by atoms with E-state index in [1.54, 1.807) is 5.69 Å². The van der Waals surface area contributed by atoms with Crippen molar-refractivity contribution in [3.05, 3.63) is 17.2 Å². The van der Waals surface area contributed by atoms with Crippen LogP contribution in [0.4, 0.5) is 0 Å². The fraction of sp³-hybridized carbons (Fsp3) is 0.833. The Bertz CT molecular complexity index is 523. The zero-order chi connectivity index (χ0) is 14.4. The van der Waals surface area contributed by atoms with Gasteiger partial charge in [-0.25, -0.2) is 4.98 Å². The van der Waals surface area contributed by atoms with Gasteiger partial charge in [-0.2, -0.15) is 0 Å². The van der Waals surface area contributed by atoms with Crippen LogP contribution < -0.4 is 5.32 Å². The average molecular weight is 287 g/mol. The highest BCUT2D eigenvalue weighted by Crippen LogP contribution is 2.46. The van der Waals surface area contributed by atoms with Crippen LogP contribution in [0.3, 0.4) is 0 Å². The quantitative estimate of drug-likeness (QED) is 0.893. The van der Waals surface area contributed by atoms with E-state index in [1.165, 1.54) is 62.9 Å². The van der Waals surface area contributed by atoms with Crippen molar-refractivity contribution in [3.63, 3.8) is 0 Å². The van der Waals surface area contributed by atoms with Crippen LogP contribution in [0.1, 0.15) is 88.0 Å². The monoisotopic (exact) mass is 287 g/mol. The van der Waals surface area contributed by atoms with Crippen LogP contribution in [0, 0.1) is 5.41 Å². The maximum Gasteiger partial charge on any atom is 0.112 e. The maximum absolute atomic E-state index is 5.13. The molecule has 4 rings (SSSR count). The maximum atomic E-state index is 5.13. The van der Waals surface area contributed by atoms with Crippen molar-refractivity contribution in [3.8, 4) is 0 Å². The summed E-state index contributed by atoms with van der Waals surface area (Å²) in [7, 11) is 0. The van der Waals surface area contributed by atoms with Crippen molar-refractivity contribution in [1.29, 1.82) is 0 Å². The number of hydrogen-bond acceptors (Lipinski definition) is 2. The Morgan fingerprint density at radius 3 is 2.71 bits per heavy atom. The molecule has 3 aliphatic rings. The number of aromatic nitrogens is 2. The highest BCUT2D eigenvalue weighted by Gasteiger charge is 2.36. The Balaban J connectivity index is 1.74. The summed E-state index contributed by atoms with van der Waals surface area (Å²) in [6, 6.07) is 0.713. The van der Waals surface area contributed by atoms with Gasteiger partial charge in [0.25, 0.3) is 0 Å². The molecule has 1 aromatic rings. The van der Waals surface area contributed by atoms with E-state index in [9.17, 15) is 0 Å². The number of rotatable bonds is 2. The lowest BCUT2D eigenvalue weighted by Crippen LogP contribution is -2.26. The van der Waals surface area contributed by atoms with Gasteiger partial charge in [-0.3, -0.25) is 0 Å². The summed E-state index contributed by atoms with van der Waals surface area (Å²) in [6.45, 7) is 6.98. The molecule has 21 heavy (non-hydrogen) atoms. The fourth-order valence-corrected chi connectivity index (χ4v) is 4.85. The molecule has 1 atom stereocenters. The first-order chi connectivity index (χ1) is 10.1. The van der Waals surface area contributed by atoms with Crippen molar-refractivity contribution in [1.82, 2.24) is 14.9 Å². The van der Waals surface area contributed by atoms with E-state index in [4.69, 9.17) is 4.98 Å². The lowest BCUT2D eigenvalue weighted by Gasteiger charge is -2.24. The van der Waals surface area contributed by atoms with Crippen LogP contribution in [0.25, 0.3) is 0 Å². The van der Waals surface area contributed by atoms with E-state index < -0.39 is 0 Å². The largest absolute Gasteiger partial charge is 0.328 e. The Hall–Kier alpha value is -0.830. The zero-order valence-electron chi connectivity index (χ0n) is 13.6. The number of hydrogen-bond donors (Lipinski definition) is 1. The van der Waals surface area contributed by atoms with Crippen molar-refractivity contribution >= 4 is 0 Å². The first kappa shape index (κ1) is 13.8. The van der Waals surface area contributed by atoms with Crippen LogP contribution >= 0.6 is 0 Å². The molecule has 3 heteroatoms. The third kappa shape index (κ3) is 2.44. The predicted octanol–water partition coefficient (Wildman–Crippen LogP) is 3.94. The summed E-state index contributed by atoms with van der Waals surface area (Å²) in [5.74, 6) is 2.18. The molecule has 0 saturated heterocycles. The summed E-state index contributed by atoms with van der Waals surface area (Å²) in [5, 5.41) is 3.50. The normalized spacial score (nSPS) is 29.0. The van der Waals surface area contributed by atoms with Gasteiger partial charge in [0, 0.05) is 37.2 Å². The molecule has 1 N–H and O–H groups in total. The second kappa shape index (κ2) is 5.12. The predicted molar refractivity (Wildman–Crippen MR) is 85.5 cm³/mol. The van der Waals surface area contributed by atoms with E-state index >= 15 is 0 Å². The number of imidazole rings is 1. The van der Waals surface area contributed by atoms with Crippen LogP contribution in [0.15, 0.2) is 0 Å². The van der Waals surface area contributed by atoms with Gasteiger partial charge in [0.05, 0.1) is 5.69 Å². The van der Waals surface area contributed by atoms with Gasteiger partial charge in [0.1, 0.15) is 5.82 Å². The van der Waals surface area contributed by atoms with Gasteiger partial charge in [0.2, 0.25) is 0 Å². The smallest absolute Gasteiger partial charge is 0.112 e. The van der Waals surface area contributed by atoms with E-state index in [0.29, 0.717) is 11.5 Å². The van der Waals surface area contributed by atoms with Crippen molar-refractivity contribution in [2.45, 2.75) is 83.7 Å². The summed E-state index contributed by atoms with van der Waals surface area (Å²) in [4.78, 5) is 5.13. The summed E-state index contributed by atoms with van der Waals surface area (Å²) in [5.41, 5.74) is 3.44. The highest BCUT2D eigenvalue weighted by atomic mass is 15.2. The fourth-order valence-electron chi connectivity index (χ4n) is 4.85. The number of fused-ring (bicyclic) bond motifs is 1. The van der Waals surface area contributed by atoms with Gasteiger partial charge in [-0.15, -0.1) is 0 Å². The van der Waals surface area contributed by atoms with E-state index in [-0.39, 0.29) is 0 Å². The average Bonchev–Trinajstić information content (AvgIpc) is 3.15. The minimum absolute atomic E-state index is 0.516. The second-order valence-corrected chi connectivity index (χ2v) is 8.20. The first-order valence-corrected chi connectivity index (χ1v) is 8.95. The minimum atomic E-state index is 0.516. The molecule has 2 heterocycles. The minimum Gasteiger partial charge on any atom is -0.328 e. The molecular weight excluding hydrogens is 258 g/mol. The molecule has 3 nitrogen and oxygen atoms in total. The third-order valence-electron chi connectivity index (χ3n) is 5.98. The van der Waals surface area contributed by atoms with Crippen molar-refractivity contribution in [2.24, 2.45) is 5.41 Å². The third-order valence-corrected chi connectivity index (χ3v) is 5.98. The zero-order valence-corrected chi connectivity index (χ0v) is 13.6. The standard InChI is InChI=1S/C18H29N3/c1-18(2)9-7-14(11-18)21-16-8-10-19-12-15(16)20-17(21)13-5-3-4-6-13/h13-14,19H,3-12H2,1-2H3. The molecule has 2 fully saturated rings. The Morgan fingerprint density at radius 2 is 2.00 bits per heavy atom. The summed E-state index contributed by atoms with van der Waals surface area (Å²) >= 11 is 0. The van der Waals surface area contributed by atoms with E-state index in [0.717, 1.165) is 19.0 Å². The molecule has 0 bridgehead atoms. The summed E-state index contributed by atoms with van der Waals surface area (Å²) < 4.78 is 2.72.